The van der Waals surface area contributed by atoms with E-state index in [0.717, 1.165) is 12.4 Å². The van der Waals surface area contributed by atoms with Gasteiger partial charge >= 0.3 is 0 Å². The number of aryl methyl sites for hydroxylation is 1. The Morgan fingerprint density at radius 3 is 2.67 bits per heavy atom. The Labute approximate surface area is 78.1 Å². The Morgan fingerprint density at radius 1 is 1.33 bits per heavy atom. The molecule has 0 aliphatic heterocycles. The molecule has 0 bridgehead atoms. The van der Waals surface area contributed by atoms with Crippen LogP contribution in [0.25, 0.3) is 0 Å². The summed E-state index contributed by atoms with van der Waals surface area (Å²) in [6, 6.07) is 6.29. The molecule has 0 radical (unpaired) electrons. The SMILES string of the molecule is CCOc1cc(C)cc(SC)c1. The van der Waals surface area contributed by atoms with E-state index in [0.29, 0.717) is 0 Å². The summed E-state index contributed by atoms with van der Waals surface area (Å²) in [5, 5.41) is 0. The van der Waals surface area contributed by atoms with Gasteiger partial charge in [0, 0.05) is 4.90 Å². The van der Waals surface area contributed by atoms with Gasteiger partial charge in [0.15, 0.2) is 0 Å². The smallest absolute Gasteiger partial charge is 0.120 e. The predicted molar refractivity (Wildman–Crippen MR) is 54.1 cm³/mol. The highest BCUT2D eigenvalue weighted by molar-refractivity contribution is 7.98. The van der Waals surface area contributed by atoms with Crippen molar-refractivity contribution in [3.05, 3.63) is 23.8 Å². The minimum Gasteiger partial charge on any atom is -0.494 e. The predicted octanol–water partition coefficient (Wildman–Crippen LogP) is 3.12. The van der Waals surface area contributed by atoms with Gasteiger partial charge in [-0.3, -0.25) is 0 Å². The summed E-state index contributed by atoms with van der Waals surface area (Å²) in [5.41, 5.74) is 1.25. The average Bonchev–Trinajstić information content (AvgIpc) is 2.04. The van der Waals surface area contributed by atoms with Gasteiger partial charge in [0.1, 0.15) is 5.75 Å². The molecule has 66 valence electrons. The lowest BCUT2D eigenvalue weighted by atomic mass is 10.2. The largest absolute Gasteiger partial charge is 0.494 e. The Morgan fingerprint density at radius 2 is 2.08 bits per heavy atom. The van der Waals surface area contributed by atoms with Gasteiger partial charge in [-0.2, -0.15) is 0 Å². The molecule has 1 nitrogen and oxygen atoms in total. The van der Waals surface area contributed by atoms with Crippen molar-refractivity contribution in [1.29, 1.82) is 0 Å². The molecule has 1 aromatic carbocycles. The van der Waals surface area contributed by atoms with Crippen molar-refractivity contribution in [2.24, 2.45) is 0 Å². The highest BCUT2D eigenvalue weighted by Gasteiger charge is 1.96. The minimum absolute atomic E-state index is 0.733. The van der Waals surface area contributed by atoms with Gasteiger partial charge in [0.05, 0.1) is 6.61 Å². The maximum absolute atomic E-state index is 5.42. The zero-order chi connectivity index (χ0) is 8.97. The van der Waals surface area contributed by atoms with Crippen molar-refractivity contribution in [2.75, 3.05) is 12.9 Å². The molecule has 0 fully saturated rings. The van der Waals surface area contributed by atoms with Crippen molar-refractivity contribution >= 4 is 11.8 Å². The molecule has 0 amide bonds. The van der Waals surface area contributed by atoms with E-state index in [1.165, 1.54) is 10.5 Å². The Bertz CT molecular complexity index is 258. The van der Waals surface area contributed by atoms with Crippen LogP contribution in [0.1, 0.15) is 12.5 Å². The summed E-state index contributed by atoms with van der Waals surface area (Å²) in [4.78, 5) is 1.26. The first-order chi connectivity index (χ1) is 5.76. The van der Waals surface area contributed by atoms with Crippen LogP contribution >= 0.6 is 11.8 Å². The van der Waals surface area contributed by atoms with Crippen molar-refractivity contribution < 1.29 is 4.74 Å². The fraction of sp³-hybridized carbons (Fsp3) is 0.400. The van der Waals surface area contributed by atoms with Gasteiger partial charge < -0.3 is 4.74 Å². The fourth-order valence-electron chi connectivity index (χ4n) is 1.08. The maximum atomic E-state index is 5.42. The Kier molecular flexibility index (Phi) is 3.48. The molecule has 0 spiro atoms. The van der Waals surface area contributed by atoms with Crippen molar-refractivity contribution in [2.45, 2.75) is 18.7 Å². The van der Waals surface area contributed by atoms with E-state index in [2.05, 4.69) is 31.4 Å². The van der Waals surface area contributed by atoms with Gasteiger partial charge in [-0.15, -0.1) is 11.8 Å². The van der Waals surface area contributed by atoms with E-state index >= 15 is 0 Å². The highest BCUT2D eigenvalue weighted by Crippen LogP contribution is 2.23. The maximum Gasteiger partial charge on any atom is 0.120 e. The summed E-state index contributed by atoms with van der Waals surface area (Å²) >= 11 is 1.74. The van der Waals surface area contributed by atoms with E-state index in [1.807, 2.05) is 6.92 Å². The molecular weight excluding hydrogens is 168 g/mol. The molecule has 1 aromatic rings. The fourth-order valence-corrected chi connectivity index (χ4v) is 1.62. The van der Waals surface area contributed by atoms with E-state index in [9.17, 15) is 0 Å². The number of rotatable bonds is 3. The van der Waals surface area contributed by atoms with E-state index in [1.54, 1.807) is 11.8 Å². The number of benzene rings is 1. The van der Waals surface area contributed by atoms with Crippen LogP contribution in [0.4, 0.5) is 0 Å². The topological polar surface area (TPSA) is 9.23 Å². The second kappa shape index (κ2) is 4.41. The number of ether oxygens (including phenoxy) is 1. The van der Waals surface area contributed by atoms with Gasteiger partial charge in [-0.1, -0.05) is 0 Å². The molecule has 0 N–H and O–H groups in total. The van der Waals surface area contributed by atoms with Gasteiger partial charge in [-0.25, -0.2) is 0 Å². The normalized spacial score (nSPS) is 9.92. The summed E-state index contributed by atoms with van der Waals surface area (Å²) in [7, 11) is 0. The molecule has 0 saturated carbocycles. The number of hydrogen-bond donors (Lipinski definition) is 0. The van der Waals surface area contributed by atoms with Crippen LogP contribution in [-0.2, 0) is 0 Å². The van der Waals surface area contributed by atoms with Crippen LogP contribution in [0.3, 0.4) is 0 Å². The number of thioether (sulfide) groups is 1. The average molecular weight is 182 g/mol. The first-order valence-corrected chi connectivity index (χ1v) is 5.27. The molecule has 12 heavy (non-hydrogen) atoms. The minimum atomic E-state index is 0.733. The third-order valence-corrected chi connectivity index (χ3v) is 2.28. The Hall–Kier alpha value is -0.630. The summed E-state index contributed by atoms with van der Waals surface area (Å²) in [6.07, 6.45) is 2.07. The van der Waals surface area contributed by atoms with Crippen LogP contribution in [0.5, 0.6) is 5.75 Å². The second-order valence-corrected chi connectivity index (χ2v) is 3.50. The summed E-state index contributed by atoms with van der Waals surface area (Å²) < 4.78 is 5.42. The summed E-state index contributed by atoms with van der Waals surface area (Å²) in [6.45, 7) is 4.82. The third kappa shape index (κ3) is 2.45. The molecular formula is C10H14OS. The lowest BCUT2D eigenvalue weighted by Crippen LogP contribution is -1.91. The zero-order valence-corrected chi connectivity index (χ0v) is 8.57. The molecule has 0 saturated heterocycles. The molecule has 1 rings (SSSR count). The molecule has 0 atom stereocenters. The van der Waals surface area contributed by atoms with E-state index < -0.39 is 0 Å². The summed E-state index contributed by atoms with van der Waals surface area (Å²) in [5.74, 6) is 0.974. The van der Waals surface area contributed by atoms with Crippen LogP contribution in [0, 0.1) is 6.92 Å². The first kappa shape index (κ1) is 9.46. The molecule has 0 aromatic heterocycles. The highest BCUT2D eigenvalue weighted by atomic mass is 32.2. The molecule has 0 aliphatic carbocycles. The van der Waals surface area contributed by atoms with Crippen LogP contribution < -0.4 is 4.74 Å². The van der Waals surface area contributed by atoms with Gasteiger partial charge in [-0.05, 0) is 43.9 Å². The molecule has 0 heterocycles. The lowest BCUT2D eigenvalue weighted by molar-refractivity contribution is 0.339. The van der Waals surface area contributed by atoms with Gasteiger partial charge in [0.25, 0.3) is 0 Å². The van der Waals surface area contributed by atoms with Crippen molar-refractivity contribution in [3.63, 3.8) is 0 Å². The number of hydrogen-bond acceptors (Lipinski definition) is 2. The second-order valence-electron chi connectivity index (χ2n) is 2.62. The standard InChI is InChI=1S/C10H14OS/c1-4-11-9-5-8(2)6-10(7-9)12-3/h5-7H,4H2,1-3H3. The van der Waals surface area contributed by atoms with Crippen molar-refractivity contribution in [3.8, 4) is 5.75 Å². The van der Waals surface area contributed by atoms with Crippen LogP contribution in [0.15, 0.2) is 23.1 Å². The quantitative estimate of drug-likeness (QED) is 0.664. The third-order valence-electron chi connectivity index (χ3n) is 1.57. The van der Waals surface area contributed by atoms with E-state index in [4.69, 9.17) is 4.74 Å². The molecule has 2 heteroatoms. The van der Waals surface area contributed by atoms with Gasteiger partial charge in [0.2, 0.25) is 0 Å². The van der Waals surface area contributed by atoms with Crippen LogP contribution in [0.2, 0.25) is 0 Å². The van der Waals surface area contributed by atoms with Crippen molar-refractivity contribution in [1.82, 2.24) is 0 Å². The van der Waals surface area contributed by atoms with E-state index in [-0.39, 0.29) is 0 Å². The molecule has 0 unspecified atom stereocenters. The monoisotopic (exact) mass is 182 g/mol. The Balaban J connectivity index is 2.90. The zero-order valence-electron chi connectivity index (χ0n) is 7.76. The molecule has 0 aliphatic rings. The van der Waals surface area contributed by atoms with Crippen LogP contribution in [-0.4, -0.2) is 12.9 Å². The lowest BCUT2D eigenvalue weighted by Gasteiger charge is -2.05. The first-order valence-electron chi connectivity index (χ1n) is 4.04.